The van der Waals surface area contributed by atoms with Crippen LogP contribution in [0.5, 0.6) is 5.75 Å². The van der Waals surface area contributed by atoms with Gasteiger partial charge in [0.05, 0.1) is 11.6 Å². The number of nitrogens with zero attached hydrogens (tertiary/aromatic N) is 1. The van der Waals surface area contributed by atoms with Crippen molar-refractivity contribution in [3.05, 3.63) is 29.8 Å². The lowest BCUT2D eigenvalue weighted by Gasteiger charge is -2.02. The van der Waals surface area contributed by atoms with Gasteiger partial charge in [-0.1, -0.05) is 0 Å². The lowest BCUT2D eigenvalue weighted by atomic mass is 10.2. The highest BCUT2D eigenvalue weighted by Crippen LogP contribution is 2.10. The zero-order chi connectivity index (χ0) is 8.81. The summed E-state index contributed by atoms with van der Waals surface area (Å²) in [6.45, 7) is 0.228. The van der Waals surface area contributed by atoms with Crippen molar-refractivity contribution in [2.45, 2.75) is 0 Å². The maximum absolute atomic E-state index is 8.49. The van der Waals surface area contributed by atoms with Crippen LogP contribution in [0.15, 0.2) is 24.3 Å². The van der Waals surface area contributed by atoms with Crippen LogP contribution in [-0.4, -0.2) is 13.9 Å². The van der Waals surface area contributed by atoms with Crippen molar-refractivity contribution in [1.29, 1.82) is 5.26 Å². The molecule has 0 saturated carbocycles. The summed E-state index contributed by atoms with van der Waals surface area (Å²) in [6.07, 6.45) is 0. The van der Waals surface area contributed by atoms with E-state index in [0.717, 1.165) is 0 Å². The van der Waals surface area contributed by atoms with Crippen LogP contribution in [0.25, 0.3) is 0 Å². The van der Waals surface area contributed by atoms with Gasteiger partial charge in [-0.15, -0.1) is 0 Å². The van der Waals surface area contributed by atoms with Gasteiger partial charge in [0.2, 0.25) is 0 Å². The first-order valence-corrected chi connectivity index (χ1v) is 3.48. The summed E-state index contributed by atoms with van der Waals surface area (Å²) in [5.74, 6) is 0.704. The molecule has 0 atom stereocenters. The van der Waals surface area contributed by atoms with Crippen LogP contribution in [0.2, 0.25) is 0 Å². The molecule has 0 aliphatic heterocycles. The summed E-state index contributed by atoms with van der Waals surface area (Å²) in [4.78, 5) is 0. The summed E-state index contributed by atoms with van der Waals surface area (Å²) in [5.41, 5.74) is 0.625. The molecule has 0 aliphatic rings. The van der Waals surface area contributed by atoms with Crippen molar-refractivity contribution in [3.8, 4) is 11.8 Å². The summed E-state index contributed by atoms with van der Waals surface area (Å²) in [6, 6.07) is 8.89. The predicted octanol–water partition coefficient (Wildman–Crippen LogP) is 1.54. The molecular formula is C9H9NO2. The Labute approximate surface area is 71.1 Å². The van der Waals surface area contributed by atoms with Gasteiger partial charge in [-0.25, -0.2) is 0 Å². The molecule has 0 spiro atoms. The summed E-state index contributed by atoms with van der Waals surface area (Å²) in [5, 5.41) is 8.49. The minimum absolute atomic E-state index is 0.228. The van der Waals surface area contributed by atoms with Gasteiger partial charge < -0.3 is 9.47 Å². The minimum atomic E-state index is 0.228. The molecule has 0 amide bonds. The maximum atomic E-state index is 8.49. The molecule has 3 nitrogen and oxygen atoms in total. The number of hydrogen-bond donors (Lipinski definition) is 0. The molecule has 3 heteroatoms. The third-order valence-electron chi connectivity index (χ3n) is 1.33. The zero-order valence-electron chi connectivity index (χ0n) is 6.78. The van der Waals surface area contributed by atoms with Crippen molar-refractivity contribution in [2.24, 2.45) is 0 Å². The standard InChI is InChI=1S/C9H9NO2/c1-11-7-12-9-4-2-8(6-10)3-5-9/h2-5H,7H2,1H3. The fourth-order valence-electron chi connectivity index (χ4n) is 0.753. The van der Waals surface area contributed by atoms with Crippen LogP contribution in [0.4, 0.5) is 0 Å². The highest BCUT2D eigenvalue weighted by Gasteiger charge is 1.92. The first-order valence-electron chi connectivity index (χ1n) is 3.48. The molecule has 0 aromatic heterocycles. The van der Waals surface area contributed by atoms with E-state index in [2.05, 4.69) is 0 Å². The van der Waals surface area contributed by atoms with Crippen LogP contribution in [0.1, 0.15) is 5.56 Å². The summed E-state index contributed by atoms with van der Waals surface area (Å²) < 4.78 is 9.84. The van der Waals surface area contributed by atoms with Crippen LogP contribution in [0, 0.1) is 11.3 Å². The summed E-state index contributed by atoms with van der Waals surface area (Å²) in [7, 11) is 1.56. The lowest BCUT2D eigenvalue weighted by Crippen LogP contribution is -1.98. The van der Waals surface area contributed by atoms with Gasteiger partial charge in [0.25, 0.3) is 0 Å². The molecule has 0 unspecified atom stereocenters. The first-order chi connectivity index (χ1) is 5.86. The van der Waals surface area contributed by atoms with E-state index in [0.29, 0.717) is 11.3 Å². The Morgan fingerprint density at radius 2 is 2.00 bits per heavy atom. The van der Waals surface area contributed by atoms with Gasteiger partial charge in [0.15, 0.2) is 6.79 Å². The zero-order valence-corrected chi connectivity index (χ0v) is 6.78. The predicted molar refractivity (Wildman–Crippen MR) is 43.7 cm³/mol. The fourth-order valence-corrected chi connectivity index (χ4v) is 0.753. The Balaban J connectivity index is 2.60. The highest BCUT2D eigenvalue weighted by molar-refractivity contribution is 5.34. The van der Waals surface area contributed by atoms with Crippen LogP contribution < -0.4 is 4.74 Å². The Morgan fingerprint density at radius 1 is 1.33 bits per heavy atom. The number of rotatable bonds is 3. The van der Waals surface area contributed by atoms with E-state index in [4.69, 9.17) is 14.7 Å². The molecule has 0 radical (unpaired) electrons. The largest absolute Gasteiger partial charge is 0.468 e. The second kappa shape index (κ2) is 4.37. The van der Waals surface area contributed by atoms with Crippen molar-refractivity contribution < 1.29 is 9.47 Å². The van der Waals surface area contributed by atoms with Crippen LogP contribution >= 0.6 is 0 Å². The van der Waals surface area contributed by atoms with E-state index in [1.165, 1.54) is 0 Å². The third kappa shape index (κ3) is 2.26. The Bertz CT molecular complexity index is 274. The molecule has 0 fully saturated rings. The topological polar surface area (TPSA) is 42.2 Å². The molecule has 0 heterocycles. The van der Waals surface area contributed by atoms with Crippen molar-refractivity contribution in [1.82, 2.24) is 0 Å². The molecular weight excluding hydrogens is 154 g/mol. The van der Waals surface area contributed by atoms with E-state index in [-0.39, 0.29) is 6.79 Å². The first kappa shape index (κ1) is 8.57. The monoisotopic (exact) mass is 163 g/mol. The molecule has 0 saturated heterocycles. The van der Waals surface area contributed by atoms with Gasteiger partial charge in [-0.05, 0) is 24.3 Å². The molecule has 1 rings (SSSR count). The van der Waals surface area contributed by atoms with Crippen molar-refractivity contribution in [3.63, 3.8) is 0 Å². The third-order valence-corrected chi connectivity index (χ3v) is 1.33. The highest BCUT2D eigenvalue weighted by atomic mass is 16.7. The van der Waals surface area contributed by atoms with Crippen molar-refractivity contribution >= 4 is 0 Å². The molecule has 1 aromatic carbocycles. The smallest absolute Gasteiger partial charge is 0.188 e. The summed E-state index contributed by atoms with van der Waals surface area (Å²) >= 11 is 0. The fraction of sp³-hybridized carbons (Fsp3) is 0.222. The van der Waals surface area contributed by atoms with Crippen LogP contribution in [-0.2, 0) is 4.74 Å². The normalized spacial score (nSPS) is 9.00. The second-order valence-corrected chi connectivity index (χ2v) is 2.19. The molecule has 0 N–H and O–H groups in total. The SMILES string of the molecule is COCOc1ccc(C#N)cc1. The number of methoxy groups -OCH3 is 1. The quantitative estimate of drug-likeness (QED) is 0.635. The molecule has 12 heavy (non-hydrogen) atoms. The van der Waals surface area contributed by atoms with Gasteiger partial charge in [-0.2, -0.15) is 5.26 Å². The van der Waals surface area contributed by atoms with E-state index >= 15 is 0 Å². The average molecular weight is 163 g/mol. The number of hydrogen-bond acceptors (Lipinski definition) is 3. The van der Waals surface area contributed by atoms with E-state index in [1.54, 1.807) is 31.4 Å². The van der Waals surface area contributed by atoms with E-state index in [9.17, 15) is 0 Å². The van der Waals surface area contributed by atoms with Gasteiger partial charge >= 0.3 is 0 Å². The van der Waals surface area contributed by atoms with Gasteiger partial charge in [0, 0.05) is 7.11 Å². The van der Waals surface area contributed by atoms with Crippen LogP contribution in [0.3, 0.4) is 0 Å². The maximum Gasteiger partial charge on any atom is 0.188 e. The Hall–Kier alpha value is -1.53. The molecule has 0 bridgehead atoms. The number of nitriles is 1. The van der Waals surface area contributed by atoms with Gasteiger partial charge in [-0.3, -0.25) is 0 Å². The number of ether oxygens (including phenoxy) is 2. The van der Waals surface area contributed by atoms with E-state index in [1.807, 2.05) is 6.07 Å². The Morgan fingerprint density at radius 3 is 2.50 bits per heavy atom. The molecule has 62 valence electrons. The lowest BCUT2D eigenvalue weighted by molar-refractivity contribution is 0.0511. The molecule has 0 aliphatic carbocycles. The second-order valence-electron chi connectivity index (χ2n) is 2.19. The molecule has 1 aromatic rings. The Kier molecular flexibility index (Phi) is 3.12. The number of benzene rings is 1. The van der Waals surface area contributed by atoms with Gasteiger partial charge in [0.1, 0.15) is 5.75 Å². The average Bonchev–Trinajstić information content (AvgIpc) is 2.15. The minimum Gasteiger partial charge on any atom is -0.468 e. The van der Waals surface area contributed by atoms with Crippen molar-refractivity contribution in [2.75, 3.05) is 13.9 Å². The van der Waals surface area contributed by atoms with E-state index < -0.39 is 0 Å².